The quantitative estimate of drug-likeness (QED) is 0.646. The molecule has 1 fully saturated rings. The van der Waals surface area contributed by atoms with E-state index < -0.39 is 27.9 Å². The lowest BCUT2D eigenvalue weighted by Gasteiger charge is -2.33. The first-order valence-corrected chi connectivity index (χ1v) is 10.9. The van der Waals surface area contributed by atoms with E-state index in [0.717, 1.165) is 19.3 Å². The molecule has 9 nitrogen and oxygen atoms in total. The number of pyridine rings is 1. The van der Waals surface area contributed by atoms with Crippen molar-refractivity contribution in [2.24, 2.45) is 0 Å². The Hall–Kier alpha value is -2.20. The Bertz CT molecular complexity index is 812. The van der Waals surface area contributed by atoms with Crippen LogP contribution in [0, 0.1) is 0 Å². The molecule has 1 aromatic rings. The number of amides is 1. The van der Waals surface area contributed by atoms with Gasteiger partial charge in [0, 0.05) is 18.8 Å². The molecule has 0 aromatic carbocycles. The molecule has 1 aromatic heterocycles. The van der Waals surface area contributed by atoms with Crippen molar-refractivity contribution in [2.45, 2.75) is 45.1 Å². The number of ether oxygens (including phenoxy) is 2. The second-order valence-corrected chi connectivity index (χ2v) is 8.58. The summed E-state index contributed by atoms with van der Waals surface area (Å²) in [6, 6.07) is 0.631. The SMILES string of the molecule is CCCCS(=O)(=O)N1CCCCC1C(=O)Nc1cc(OC)c(C(=O)OC)cn1. The molecule has 1 saturated heterocycles. The zero-order valence-electron chi connectivity index (χ0n) is 16.4. The Morgan fingerprint density at radius 1 is 1.32 bits per heavy atom. The summed E-state index contributed by atoms with van der Waals surface area (Å²) in [5.41, 5.74) is 0.129. The van der Waals surface area contributed by atoms with Crippen LogP contribution in [0.4, 0.5) is 5.82 Å². The maximum Gasteiger partial charge on any atom is 0.343 e. The summed E-state index contributed by atoms with van der Waals surface area (Å²) in [6.07, 6.45) is 4.53. The zero-order chi connectivity index (χ0) is 20.7. The number of anilines is 1. The zero-order valence-corrected chi connectivity index (χ0v) is 17.3. The topological polar surface area (TPSA) is 115 Å². The number of nitrogens with zero attached hydrogens (tertiary/aromatic N) is 2. The molecule has 1 aliphatic rings. The molecule has 0 spiro atoms. The van der Waals surface area contributed by atoms with Gasteiger partial charge in [-0.1, -0.05) is 19.8 Å². The van der Waals surface area contributed by atoms with Crippen LogP contribution in [0.25, 0.3) is 0 Å². The highest BCUT2D eigenvalue weighted by molar-refractivity contribution is 7.89. The predicted molar refractivity (Wildman–Crippen MR) is 104 cm³/mol. The fraction of sp³-hybridized carbons (Fsp3) is 0.611. The van der Waals surface area contributed by atoms with Gasteiger partial charge in [-0.25, -0.2) is 18.2 Å². The number of esters is 1. The average Bonchev–Trinajstić information content (AvgIpc) is 2.71. The second kappa shape index (κ2) is 9.83. The van der Waals surface area contributed by atoms with Crippen molar-refractivity contribution < 1.29 is 27.5 Å². The van der Waals surface area contributed by atoms with E-state index in [4.69, 9.17) is 4.74 Å². The maximum atomic E-state index is 12.8. The fourth-order valence-electron chi connectivity index (χ4n) is 3.09. The van der Waals surface area contributed by atoms with Gasteiger partial charge >= 0.3 is 5.97 Å². The van der Waals surface area contributed by atoms with E-state index in [9.17, 15) is 18.0 Å². The van der Waals surface area contributed by atoms with Crippen LogP contribution in [-0.2, 0) is 19.6 Å². The van der Waals surface area contributed by atoms with E-state index in [1.807, 2.05) is 6.92 Å². The Labute approximate surface area is 165 Å². The molecule has 2 rings (SSSR count). The first kappa shape index (κ1) is 22.1. The third kappa shape index (κ3) is 5.20. The van der Waals surface area contributed by atoms with E-state index in [1.54, 1.807) is 0 Å². The van der Waals surface area contributed by atoms with Crippen LogP contribution in [0.5, 0.6) is 5.75 Å². The van der Waals surface area contributed by atoms with E-state index in [0.29, 0.717) is 19.4 Å². The molecule has 2 heterocycles. The number of methoxy groups -OCH3 is 2. The first-order valence-electron chi connectivity index (χ1n) is 9.26. The molecule has 1 atom stereocenters. The van der Waals surface area contributed by atoms with Gasteiger partial charge in [-0.05, 0) is 19.3 Å². The number of carbonyl (C=O) groups excluding carboxylic acids is 2. The van der Waals surface area contributed by atoms with Crippen molar-refractivity contribution in [3.63, 3.8) is 0 Å². The third-order valence-electron chi connectivity index (χ3n) is 4.61. The highest BCUT2D eigenvalue weighted by Gasteiger charge is 2.36. The Morgan fingerprint density at radius 3 is 2.71 bits per heavy atom. The molecule has 28 heavy (non-hydrogen) atoms. The molecule has 0 bridgehead atoms. The van der Waals surface area contributed by atoms with Crippen molar-refractivity contribution in [3.8, 4) is 5.75 Å². The number of piperidine rings is 1. The van der Waals surface area contributed by atoms with E-state index in [1.165, 1.54) is 30.8 Å². The van der Waals surface area contributed by atoms with Crippen LogP contribution in [-0.4, -0.2) is 62.1 Å². The lowest BCUT2D eigenvalue weighted by Crippen LogP contribution is -2.50. The molecule has 1 N–H and O–H groups in total. The lowest BCUT2D eigenvalue weighted by atomic mass is 10.0. The number of carbonyl (C=O) groups is 2. The molecule has 0 radical (unpaired) electrons. The molecular formula is C18H27N3O6S. The largest absolute Gasteiger partial charge is 0.496 e. The minimum atomic E-state index is -3.50. The van der Waals surface area contributed by atoms with Gasteiger partial charge in [-0.2, -0.15) is 4.31 Å². The van der Waals surface area contributed by atoms with Gasteiger partial charge in [0.2, 0.25) is 15.9 Å². The van der Waals surface area contributed by atoms with Crippen molar-refractivity contribution in [1.29, 1.82) is 0 Å². The van der Waals surface area contributed by atoms with Gasteiger partial charge in [0.25, 0.3) is 0 Å². The number of aromatic nitrogens is 1. The predicted octanol–water partition coefficient (Wildman–Crippen LogP) is 1.80. The maximum absolute atomic E-state index is 12.8. The molecule has 10 heteroatoms. The van der Waals surface area contributed by atoms with Gasteiger partial charge in [0.05, 0.1) is 20.0 Å². The van der Waals surface area contributed by atoms with Crippen LogP contribution in [0.15, 0.2) is 12.3 Å². The summed E-state index contributed by atoms with van der Waals surface area (Å²) in [7, 11) is -0.870. The van der Waals surface area contributed by atoms with Crippen molar-refractivity contribution in [1.82, 2.24) is 9.29 Å². The van der Waals surface area contributed by atoms with Crippen LogP contribution in [0.3, 0.4) is 0 Å². The Balaban J connectivity index is 2.19. The lowest BCUT2D eigenvalue weighted by molar-refractivity contribution is -0.120. The second-order valence-electron chi connectivity index (χ2n) is 6.54. The Kier molecular flexibility index (Phi) is 7.76. The number of rotatable bonds is 8. The molecule has 1 amide bonds. The van der Waals surface area contributed by atoms with E-state index in [2.05, 4.69) is 15.0 Å². The molecular weight excluding hydrogens is 386 g/mol. The highest BCUT2D eigenvalue weighted by Crippen LogP contribution is 2.25. The number of sulfonamides is 1. The summed E-state index contributed by atoms with van der Waals surface area (Å²) in [6.45, 7) is 2.26. The summed E-state index contributed by atoms with van der Waals surface area (Å²) in [5.74, 6) is -0.644. The van der Waals surface area contributed by atoms with E-state index >= 15 is 0 Å². The molecule has 1 aliphatic heterocycles. The summed E-state index contributed by atoms with van der Waals surface area (Å²) < 4.78 is 36.4. The number of hydrogen-bond acceptors (Lipinski definition) is 7. The Morgan fingerprint density at radius 2 is 2.07 bits per heavy atom. The summed E-state index contributed by atoms with van der Waals surface area (Å²) in [4.78, 5) is 28.5. The van der Waals surface area contributed by atoms with Gasteiger partial charge in [0.1, 0.15) is 23.2 Å². The molecule has 0 saturated carbocycles. The number of hydrogen-bond donors (Lipinski definition) is 1. The molecule has 156 valence electrons. The van der Waals surface area contributed by atoms with E-state index in [-0.39, 0.29) is 22.9 Å². The third-order valence-corrected chi connectivity index (χ3v) is 6.57. The number of unbranched alkanes of at least 4 members (excludes halogenated alkanes) is 1. The average molecular weight is 413 g/mol. The van der Waals surface area contributed by atoms with Gasteiger partial charge in [-0.3, -0.25) is 4.79 Å². The monoisotopic (exact) mass is 413 g/mol. The smallest absolute Gasteiger partial charge is 0.343 e. The van der Waals surface area contributed by atoms with Gasteiger partial charge < -0.3 is 14.8 Å². The van der Waals surface area contributed by atoms with Crippen LogP contribution in [0.2, 0.25) is 0 Å². The molecule has 0 aliphatic carbocycles. The van der Waals surface area contributed by atoms with Crippen LogP contribution < -0.4 is 10.1 Å². The standard InChI is InChI=1S/C18H27N3O6S/c1-4-5-10-28(24,25)21-9-7-6-8-14(21)17(22)20-16-11-15(26-2)13(12-19-16)18(23)27-3/h11-12,14H,4-10H2,1-3H3,(H,19,20,22). The minimum Gasteiger partial charge on any atom is -0.496 e. The summed E-state index contributed by atoms with van der Waals surface area (Å²) in [5, 5.41) is 2.64. The van der Waals surface area contributed by atoms with Gasteiger partial charge in [0.15, 0.2) is 0 Å². The van der Waals surface area contributed by atoms with Crippen molar-refractivity contribution in [3.05, 3.63) is 17.8 Å². The van der Waals surface area contributed by atoms with Gasteiger partial charge in [-0.15, -0.1) is 0 Å². The first-order chi connectivity index (χ1) is 13.3. The normalized spacial score (nSPS) is 17.8. The highest BCUT2D eigenvalue weighted by atomic mass is 32.2. The van der Waals surface area contributed by atoms with Crippen molar-refractivity contribution >= 4 is 27.7 Å². The van der Waals surface area contributed by atoms with Crippen molar-refractivity contribution in [2.75, 3.05) is 31.8 Å². The van der Waals surface area contributed by atoms with Crippen LogP contribution in [0.1, 0.15) is 49.4 Å². The minimum absolute atomic E-state index is 0.0349. The summed E-state index contributed by atoms with van der Waals surface area (Å²) >= 11 is 0. The van der Waals surface area contributed by atoms with Crippen LogP contribution >= 0.6 is 0 Å². The molecule has 1 unspecified atom stereocenters. The fourth-order valence-corrected chi connectivity index (χ4v) is 4.98. The number of nitrogens with one attached hydrogen (secondary N) is 1.